The molecule has 0 spiro atoms. The molecule has 0 radical (unpaired) electrons. The second-order valence-corrected chi connectivity index (χ2v) is 7.53. The van der Waals surface area contributed by atoms with E-state index in [0.717, 1.165) is 6.26 Å². The molecule has 0 saturated heterocycles. The van der Waals surface area contributed by atoms with Crippen molar-refractivity contribution in [2.24, 2.45) is 0 Å². The Labute approximate surface area is 119 Å². The van der Waals surface area contributed by atoms with Crippen LogP contribution in [-0.2, 0) is 20.0 Å². The summed E-state index contributed by atoms with van der Waals surface area (Å²) in [5.74, 6) is -0.431. The fourth-order valence-electron chi connectivity index (χ4n) is 2.19. The molecule has 1 N–H and O–H groups in total. The van der Waals surface area contributed by atoms with E-state index in [0.29, 0.717) is 16.9 Å². The van der Waals surface area contributed by atoms with Crippen molar-refractivity contribution in [3.63, 3.8) is 0 Å². The molecule has 6 heteroatoms. The number of methoxy groups -OCH3 is 1. The smallest absolute Gasteiger partial charge is 0.304 e. The number of aliphatic carboxylic acids is 1. The maximum Gasteiger partial charge on any atom is 0.304 e. The minimum Gasteiger partial charge on any atom is -0.496 e. The minimum absolute atomic E-state index is 0.155. The molecule has 0 atom stereocenters. The van der Waals surface area contributed by atoms with Gasteiger partial charge in [0.1, 0.15) is 5.75 Å². The van der Waals surface area contributed by atoms with Crippen molar-refractivity contribution in [2.75, 3.05) is 13.4 Å². The number of ether oxygens (including phenoxy) is 1. The molecule has 0 bridgehead atoms. The molecule has 0 unspecified atom stereocenters. The summed E-state index contributed by atoms with van der Waals surface area (Å²) in [7, 11) is -1.95. The second-order valence-electron chi connectivity index (χ2n) is 5.54. The fourth-order valence-corrected chi connectivity index (χ4v) is 3.32. The van der Waals surface area contributed by atoms with Crippen LogP contribution in [0.2, 0.25) is 0 Å². The average Bonchev–Trinajstić information content (AvgIpc) is 2.25. The van der Waals surface area contributed by atoms with Gasteiger partial charge in [-0.1, -0.05) is 13.8 Å². The first-order chi connectivity index (χ1) is 8.99. The predicted molar refractivity (Wildman–Crippen MR) is 76.1 cm³/mol. The summed E-state index contributed by atoms with van der Waals surface area (Å²) in [5.41, 5.74) is 0.346. The van der Waals surface area contributed by atoms with Gasteiger partial charge < -0.3 is 9.84 Å². The SMILES string of the molecule is COc1cc(C(C)(C)CC(=O)O)c(S(C)(=O)=O)cc1C. The average molecular weight is 300 g/mol. The molecule has 1 aromatic carbocycles. The summed E-state index contributed by atoms with van der Waals surface area (Å²) in [6, 6.07) is 3.15. The van der Waals surface area contributed by atoms with E-state index in [1.807, 2.05) is 0 Å². The van der Waals surface area contributed by atoms with E-state index in [1.54, 1.807) is 26.8 Å². The first-order valence-electron chi connectivity index (χ1n) is 6.10. The third-order valence-corrected chi connectivity index (χ3v) is 4.36. The lowest BCUT2D eigenvalue weighted by Gasteiger charge is -2.26. The molecule has 0 aromatic heterocycles. The number of carboxylic acid groups (broad SMARTS) is 1. The van der Waals surface area contributed by atoms with Gasteiger partial charge >= 0.3 is 5.97 Å². The van der Waals surface area contributed by atoms with E-state index >= 15 is 0 Å². The van der Waals surface area contributed by atoms with Crippen LogP contribution in [0.1, 0.15) is 31.4 Å². The number of aryl methyl sites for hydroxylation is 1. The van der Waals surface area contributed by atoms with E-state index in [-0.39, 0.29) is 11.3 Å². The van der Waals surface area contributed by atoms with E-state index in [9.17, 15) is 13.2 Å². The van der Waals surface area contributed by atoms with Crippen LogP contribution >= 0.6 is 0 Å². The van der Waals surface area contributed by atoms with Crippen LogP contribution < -0.4 is 4.74 Å². The molecule has 20 heavy (non-hydrogen) atoms. The number of benzene rings is 1. The highest BCUT2D eigenvalue weighted by molar-refractivity contribution is 7.90. The molecule has 1 rings (SSSR count). The van der Waals surface area contributed by atoms with Gasteiger partial charge in [0.25, 0.3) is 0 Å². The van der Waals surface area contributed by atoms with E-state index < -0.39 is 21.2 Å². The van der Waals surface area contributed by atoms with Crippen molar-refractivity contribution in [3.8, 4) is 5.75 Å². The lowest BCUT2D eigenvalue weighted by molar-refractivity contribution is -0.138. The van der Waals surface area contributed by atoms with Crippen LogP contribution in [0.5, 0.6) is 5.75 Å². The van der Waals surface area contributed by atoms with Crippen molar-refractivity contribution < 1.29 is 23.1 Å². The fraction of sp³-hybridized carbons (Fsp3) is 0.500. The van der Waals surface area contributed by atoms with Crippen LogP contribution in [0.4, 0.5) is 0 Å². The first kappa shape index (κ1) is 16.5. The summed E-state index contributed by atoms with van der Waals surface area (Å²) < 4.78 is 29.1. The van der Waals surface area contributed by atoms with Crippen molar-refractivity contribution in [2.45, 2.75) is 37.5 Å². The Morgan fingerprint density at radius 2 is 1.90 bits per heavy atom. The molecular formula is C14H20O5S. The molecule has 0 aliphatic carbocycles. The summed E-state index contributed by atoms with van der Waals surface area (Å²) in [5, 5.41) is 9.00. The number of carboxylic acids is 1. The van der Waals surface area contributed by atoms with Gasteiger partial charge in [-0.2, -0.15) is 0 Å². The summed E-state index contributed by atoms with van der Waals surface area (Å²) >= 11 is 0. The lowest BCUT2D eigenvalue weighted by atomic mass is 9.81. The van der Waals surface area contributed by atoms with Crippen molar-refractivity contribution >= 4 is 15.8 Å². The van der Waals surface area contributed by atoms with Gasteiger partial charge in [0.05, 0.1) is 18.4 Å². The lowest BCUT2D eigenvalue weighted by Crippen LogP contribution is -2.24. The van der Waals surface area contributed by atoms with Crippen LogP contribution in [0.15, 0.2) is 17.0 Å². The minimum atomic E-state index is -3.45. The third-order valence-electron chi connectivity index (χ3n) is 3.22. The molecule has 0 amide bonds. The molecule has 0 saturated carbocycles. The predicted octanol–water partition coefficient (Wildman–Crippen LogP) is 2.16. The Bertz CT molecular complexity index is 629. The zero-order valence-corrected chi connectivity index (χ0v) is 13.2. The third kappa shape index (κ3) is 3.50. The molecule has 0 aliphatic heterocycles. The molecule has 112 valence electrons. The van der Waals surface area contributed by atoms with Gasteiger partial charge in [-0.3, -0.25) is 4.79 Å². The number of rotatable bonds is 5. The molecular weight excluding hydrogens is 280 g/mol. The highest BCUT2D eigenvalue weighted by Gasteiger charge is 2.30. The van der Waals surface area contributed by atoms with Crippen LogP contribution in [-0.4, -0.2) is 32.9 Å². The van der Waals surface area contributed by atoms with Gasteiger partial charge in [-0.15, -0.1) is 0 Å². The summed E-state index contributed by atoms with van der Waals surface area (Å²) in [6.45, 7) is 5.17. The summed E-state index contributed by atoms with van der Waals surface area (Å²) in [6.07, 6.45) is 0.955. The zero-order valence-electron chi connectivity index (χ0n) is 12.4. The van der Waals surface area contributed by atoms with E-state index in [4.69, 9.17) is 9.84 Å². The van der Waals surface area contributed by atoms with Crippen molar-refractivity contribution in [1.29, 1.82) is 0 Å². The van der Waals surface area contributed by atoms with Crippen molar-refractivity contribution in [1.82, 2.24) is 0 Å². The van der Waals surface area contributed by atoms with Gasteiger partial charge in [-0.05, 0) is 30.2 Å². The van der Waals surface area contributed by atoms with Gasteiger partial charge in [0, 0.05) is 11.7 Å². The highest BCUT2D eigenvalue weighted by atomic mass is 32.2. The normalized spacial score (nSPS) is 12.2. The zero-order chi connectivity index (χ0) is 15.7. The van der Waals surface area contributed by atoms with E-state index in [2.05, 4.69) is 0 Å². The first-order valence-corrected chi connectivity index (χ1v) is 7.99. The monoisotopic (exact) mass is 300 g/mol. The molecule has 0 heterocycles. The largest absolute Gasteiger partial charge is 0.496 e. The Kier molecular flexibility index (Phi) is 4.49. The molecule has 5 nitrogen and oxygen atoms in total. The van der Waals surface area contributed by atoms with Crippen LogP contribution in [0.3, 0.4) is 0 Å². The quantitative estimate of drug-likeness (QED) is 0.901. The van der Waals surface area contributed by atoms with Crippen molar-refractivity contribution in [3.05, 3.63) is 23.3 Å². The maximum atomic E-state index is 11.9. The number of sulfone groups is 1. The van der Waals surface area contributed by atoms with E-state index in [1.165, 1.54) is 13.2 Å². The number of hydrogen-bond donors (Lipinski definition) is 1. The van der Waals surface area contributed by atoms with Crippen LogP contribution in [0.25, 0.3) is 0 Å². The topological polar surface area (TPSA) is 80.7 Å². The van der Waals surface area contributed by atoms with Gasteiger partial charge in [0.15, 0.2) is 9.84 Å². The Balaban J connectivity index is 3.62. The Hall–Kier alpha value is -1.56. The molecule has 1 aromatic rings. The Morgan fingerprint density at radius 3 is 2.30 bits per heavy atom. The van der Waals surface area contributed by atoms with Gasteiger partial charge in [0.2, 0.25) is 0 Å². The standard InChI is InChI=1S/C14H20O5S/c1-9-6-12(20(5,17)18)10(7-11(9)19-4)14(2,3)8-13(15)16/h6-7H,8H2,1-5H3,(H,15,16). The van der Waals surface area contributed by atoms with Gasteiger partial charge in [-0.25, -0.2) is 8.42 Å². The maximum absolute atomic E-state index is 11.9. The Morgan fingerprint density at radius 1 is 1.35 bits per heavy atom. The summed E-state index contributed by atoms with van der Waals surface area (Å²) in [4.78, 5) is 11.1. The molecule has 0 fully saturated rings. The van der Waals surface area contributed by atoms with Crippen LogP contribution in [0, 0.1) is 6.92 Å². The number of carbonyl (C=O) groups is 1. The second kappa shape index (κ2) is 5.44. The highest BCUT2D eigenvalue weighted by Crippen LogP contribution is 2.36. The molecule has 0 aliphatic rings. The number of hydrogen-bond acceptors (Lipinski definition) is 4.